The van der Waals surface area contributed by atoms with Gasteiger partial charge in [-0.05, 0) is 31.2 Å². The molecule has 0 aliphatic carbocycles. The minimum atomic E-state index is -0.865. The molecular formula is C17H19NO6. The number of hydrogen-bond acceptors (Lipinski definition) is 6. The molecule has 1 aliphatic heterocycles. The van der Waals surface area contributed by atoms with Crippen LogP contribution >= 0.6 is 0 Å². The minimum absolute atomic E-state index is 0.140. The molecule has 0 radical (unpaired) electrons. The molecule has 2 N–H and O–H groups in total. The lowest BCUT2D eigenvalue weighted by atomic mass is 10.0. The van der Waals surface area contributed by atoms with Gasteiger partial charge in [0.05, 0.1) is 31.4 Å². The van der Waals surface area contributed by atoms with Gasteiger partial charge in [0.2, 0.25) is 0 Å². The number of carbonyl (C=O) groups is 1. The highest BCUT2D eigenvalue weighted by molar-refractivity contribution is 5.70. The summed E-state index contributed by atoms with van der Waals surface area (Å²) < 4.78 is 16.4. The van der Waals surface area contributed by atoms with Gasteiger partial charge in [0, 0.05) is 17.5 Å². The van der Waals surface area contributed by atoms with E-state index in [0.29, 0.717) is 35.8 Å². The Morgan fingerprint density at radius 1 is 1.33 bits per heavy atom. The highest BCUT2D eigenvalue weighted by atomic mass is 16.5. The summed E-state index contributed by atoms with van der Waals surface area (Å²) in [4.78, 5) is 11.0. The molecule has 0 spiro atoms. The Balaban J connectivity index is 1.69. The van der Waals surface area contributed by atoms with E-state index in [1.807, 2.05) is 12.1 Å². The van der Waals surface area contributed by atoms with Gasteiger partial charge < -0.3 is 24.2 Å². The van der Waals surface area contributed by atoms with Crippen molar-refractivity contribution >= 4 is 5.97 Å². The summed E-state index contributed by atoms with van der Waals surface area (Å²) >= 11 is 0. The van der Waals surface area contributed by atoms with Gasteiger partial charge in [-0.1, -0.05) is 5.16 Å². The van der Waals surface area contributed by atoms with E-state index in [-0.39, 0.29) is 19.3 Å². The second-order valence-electron chi connectivity index (χ2n) is 5.81. The van der Waals surface area contributed by atoms with Crippen LogP contribution in [0.2, 0.25) is 0 Å². The fourth-order valence-corrected chi connectivity index (χ4v) is 2.73. The number of aromatic nitrogens is 1. The van der Waals surface area contributed by atoms with Gasteiger partial charge in [-0.3, -0.25) is 4.79 Å². The van der Waals surface area contributed by atoms with E-state index in [2.05, 4.69) is 5.16 Å². The number of carboxylic acid groups (broad SMARTS) is 1. The average molecular weight is 333 g/mol. The summed E-state index contributed by atoms with van der Waals surface area (Å²) in [7, 11) is 0. The smallest absolute Gasteiger partial charge is 0.308 e. The third-order valence-corrected chi connectivity index (χ3v) is 4.08. The second-order valence-corrected chi connectivity index (χ2v) is 5.81. The van der Waals surface area contributed by atoms with Crippen LogP contribution in [0.1, 0.15) is 17.7 Å². The molecule has 3 rings (SSSR count). The lowest BCUT2D eigenvalue weighted by Crippen LogP contribution is -2.37. The Bertz CT molecular complexity index is 708. The van der Waals surface area contributed by atoms with Crippen molar-refractivity contribution in [3.8, 4) is 17.1 Å². The molecule has 0 saturated carbocycles. The Kier molecular flexibility index (Phi) is 4.82. The van der Waals surface area contributed by atoms with Crippen LogP contribution in [0.3, 0.4) is 0 Å². The van der Waals surface area contributed by atoms with E-state index in [0.717, 1.165) is 5.56 Å². The van der Waals surface area contributed by atoms with Crippen molar-refractivity contribution in [3.05, 3.63) is 35.5 Å². The van der Waals surface area contributed by atoms with E-state index in [9.17, 15) is 9.90 Å². The van der Waals surface area contributed by atoms with Gasteiger partial charge in [-0.2, -0.15) is 0 Å². The Hall–Kier alpha value is -2.38. The van der Waals surface area contributed by atoms with Gasteiger partial charge in [0.25, 0.3) is 0 Å². The fraction of sp³-hybridized carbons (Fsp3) is 0.412. The molecular weight excluding hydrogens is 314 g/mol. The van der Waals surface area contributed by atoms with Crippen LogP contribution in [0, 0.1) is 12.8 Å². The van der Waals surface area contributed by atoms with Crippen LogP contribution in [-0.4, -0.2) is 40.7 Å². The molecule has 2 atom stereocenters. The van der Waals surface area contributed by atoms with Crippen molar-refractivity contribution in [2.24, 2.45) is 5.92 Å². The number of rotatable bonds is 5. The van der Waals surface area contributed by atoms with Crippen LogP contribution < -0.4 is 4.74 Å². The first-order valence-corrected chi connectivity index (χ1v) is 7.72. The molecule has 2 unspecified atom stereocenters. The predicted octanol–water partition coefficient (Wildman–Crippen LogP) is 2.01. The van der Waals surface area contributed by atoms with Crippen molar-refractivity contribution in [1.82, 2.24) is 5.16 Å². The van der Waals surface area contributed by atoms with E-state index < -0.39 is 11.9 Å². The highest BCUT2D eigenvalue weighted by Crippen LogP contribution is 2.28. The van der Waals surface area contributed by atoms with Crippen LogP contribution in [-0.2, 0) is 16.1 Å². The molecule has 128 valence electrons. The van der Waals surface area contributed by atoms with Crippen LogP contribution in [0.15, 0.2) is 28.8 Å². The quantitative estimate of drug-likeness (QED) is 0.863. The van der Waals surface area contributed by atoms with Crippen molar-refractivity contribution in [2.75, 3.05) is 13.2 Å². The molecule has 2 aromatic rings. The summed E-state index contributed by atoms with van der Waals surface area (Å²) in [5, 5.41) is 22.3. The zero-order chi connectivity index (χ0) is 17.1. The number of aliphatic carboxylic acids is 1. The number of carboxylic acids is 1. The highest BCUT2D eigenvalue weighted by Gasteiger charge is 2.29. The van der Waals surface area contributed by atoms with Gasteiger partial charge in [0.15, 0.2) is 5.76 Å². The molecule has 2 heterocycles. The normalized spacial score (nSPS) is 20.8. The van der Waals surface area contributed by atoms with E-state index in [1.54, 1.807) is 19.1 Å². The monoisotopic (exact) mass is 333 g/mol. The fourth-order valence-electron chi connectivity index (χ4n) is 2.73. The number of aliphatic hydroxyl groups excluding tert-OH is 1. The van der Waals surface area contributed by atoms with Crippen molar-refractivity contribution in [1.29, 1.82) is 0 Å². The number of ether oxygens (including phenoxy) is 2. The van der Waals surface area contributed by atoms with Gasteiger partial charge in [0.1, 0.15) is 11.9 Å². The maximum absolute atomic E-state index is 11.0. The van der Waals surface area contributed by atoms with Crippen LogP contribution in [0.25, 0.3) is 11.3 Å². The molecule has 24 heavy (non-hydrogen) atoms. The van der Waals surface area contributed by atoms with E-state index in [1.165, 1.54) is 0 Å². The maximum atomic E-state index is 11.0. The molecule has 0 amide bonds. The van der Waals surface area contributed by atoms with Gasteiger partial charge in [-0.15, -0.1) is 0 Å². The zero-order valence-corrected chi connectivity index (χ0v) is 13.3. The largest absolute Gasteiger partial charge is 0.488 e. The van der Waals surface area contributed by atoms with Gasteiger partial charge >= 0.3 is 5.97 Å². The maximum Gasteiger partial charge on any atom is 0.308 e. The first kappa shape index (κ1) is 16.5. The standard InChI is InChI=1S/C17H19NO6/c1-10-15(7-19)16(24-18-10)11-2-4-13(5-3-11)23-14-6-12(17(20)21)8-22-9-14/h2-5,12,14,19H,6-9H2,1H3,(H,20,21). The molecule has 1 aliphatic rings. The SMILES string of the molecule is Cc1noc(-c2ccc(OC3COCC(C(=O)O)C3)cc2)c1CO. The number of benzene rings is 1. The topological polar surface area (TPSA) is 102 Å². The Morgan fingerprint density at radius 3 is 2.75 bits per heavy atom. The summed E-state index contributed by atoms with van der Waals surface area (Å²) in [5.74, 6) is -0.239. The van der Waals surface area contributed by atoms with Gasteiger partial charge in [-0.25, -0.2) is 0 Å². The molecule has 7 heteroatoms. The van der Waals surface area contributed by atoms with Crippen molar-refractivity contribution in [2.45, 2.75) is 26.1 Å². The molecule has 1 aromatic carbocycles. The first-order valence-electron chi connectivity index (χ1n) is 7.72. The second kappa shape index (κ2) is 7.02. The third-order valence-electron chi connectivity index (χ3n) is 4.08. The number of nitrogens with zero attached hydrogens (tertiary/aromatic N) is 1. The lowest BCUT2D eigenvalue weighted by molar-refractivity contribution is -0.149. The van der Waals surface area contributed by atoms with E-state index >= 15 is 0 Å². The Morgan fingerprint density at radius 2 is 2.08 bits per heavy atom. The number of hydrogen-bond donors (Lipinski definition) is 2. The Labute approximate surface area is 138 Å². The third kappa shape index (κ3) is 3.42. The first-order chi connectivity index (χ1) is 11.6. The molecule has 0 bridgehead atoms. The average Bonchev–Trinajstić information content (AvgIpc) is 2.96. The lowest BCUT2D eigenvalue weighted by Gasteiger charge is -2.27. The molecule has 1 aromatic heterocycles. The molecule has 1 fully saturated rings. The zero-order valence-electron chi connectivity index (χ0n) is 13.3. The summed E-state index contributed by atoms with van der Waals surface area (Å²) in [6.07, 6.45) is 0.138. The number of aliphatic hydroxyl groups is 1. The van der Waals surface area contributed by atoms with E-state index in [4.69, 9.17) is 19.1 Å². The minimum Gasteiger partial charge on any atom is -0.488 e. The molecule has 7 nitrogen and oxygen atoms in total. The van der Waals surface area contributed by atoms with Crippen molar-refractivity contribution in [3.63, 3.8) is 0 Å². The van der Waals surface area contributed by atoms with Crippen LogP contribution in [0.4, 0.5) is 0 Å². The van der Waals surface area contributed by atoms with Crippen LogP contribution in [0.5, 0.6) is 5.75 Å². The summed E-state index contributed by atoms with van der Waals surface area (Å²) in [6, 6.07) is 7.18. The molecule has 1 saturated heterocycles. The number of aryl methyl sites for hydroxylation is 1. The summed E-state index contributed by atoms with van der Waals surface area (Å²) in [6.45, 7) is 2.24. The summed E-state index contributed by atoms with van der Waals surface area (Å²) in [5.41, 5.74) is 2.11. The van der Waals surface area contributed by atoms with Crippen molar-refractivity contribution < 1.29 is 29.0 Å². The predicted molar refractivity (Wildman–Crippen MR) is 83.6 cm³/mol.